The van der Waals surface area contributed by atoms with Crippen molar-refractivity contribution in [3.05, 3.63) is 12.7 Å². The van der Waals surface area contributed by atoms with Gasteiger partial charge in [0.05, 0.1) is 0 Å². The van der Waals surface area contributed by atoms with E-state index < -0.39 is 0 Å². The van der Waals surface area contributed by atoms with Gasteiger partial charge in [0.15, 0.2) is 5.78 Å². The summed E-state index contributed by atoms with van der Waals surface area (Å²) in [5.41, 5.74) is 0. The van der Waals surface area contributed by atoms with Crippen LogP contribution in [0.15, 0.2) is 12.7 Å². The zero-order valence-corrected chi connectivity index (χ0v) is 10.3. The first-order valence-corrected chi connectivity index (χ1v) is 6.26. The zero-order chi connectivity index (χ0) is 11.4. The normalized spacial score (nSPS) is 31.6. The van der Waals surface area contributed by atoms with Crippen LogP contribution in [0.4, 0.5) is 0 Å². The van der Waals surface area contributed by atoms with Crippen LogP contribution >= 0.6 is 0 Å². The first-order chi connectivity index (χ1) is 7.10. The van der Waals surface area contributed by atoms with Crippen LogP contribution in [0.25, 0.3) is 0 Å². The van der Waals surface area contributed by atoms with Crippen LogP contribution in [0.3, 0.4) is 0 Å². The molecular formula is C14H24O. The van der Waals surface area contributed by atoms with Crippen LogP contribution in [-0.4, -0.2) is 5.78 Å². The van der Waals surface area contributed by atoms with E-state index in [4.69, 9.17) is 0 Å². The highest BCUT2D eigenvalue weighted by atomic mass is 16.1. The van der Waals surface area contributed by atoms with Crippen molar-refractivity contribution >= 4 is 5.78 Å². The summed E-state index contributed by atoms with van der Waals surface area (Å²) in [6, 6.07) is 0. The van der Waals surface area contributed by atoms with E-state index in [1.165, 1.54) is 18.9 Å². The molecule has 0 N–H and O–H groups in total. The Hall–Kier alpha value is -0.590. The number of carbonyl (C=O) groups is 1. The molecule has 0 bridgehead atoms. The molecule has 1 heteroatoms. The fourth-order valence-electron chi connectivity index (χ4n) is 3.06. The van der Waals surface area contributed by atoms with Crippen molar-refractivity contribution in [1.29, 1.82) is 0 Å². The van der Waals surface area contributed by atoms with Crippen molar-refractivity contribution in [2.45, 2.75) is 46.5 Å². The molecule has 1 saturated carbocycles. The van der Waals surface area contributed by atoms with Crippen LogP contribution in [-0.2, 0) is 4.79 Å². The van der Waals surface area contributed by atoms with E-state index in [9.17, 15) is 4.79 Å². The smallest absolute Gasteiger partial charge is 0.158 e. The van der Waals surface area contributed by atoms with Crippen molar-refractivity contribution in [3.8, 4) is 0 Å². The van der Waals surface area contributed by atoms with Crippen LogP contribution < -0.4 is 0 Å². The molecule has 0 heterocycles. The molecule has 1 rings (SSSR count). The third-order valence-electron chi connectivity index (χ3n) is 4.03. The summed E-state index contributed by atoms with van der Waals surface area (Å²) in [5, 5.41) is 0. The molecular weight excluding hydrogens is 184 g/mol. The molecule has 0 aromatic carbocycles. The van der Waals surface area contributed by atoms with E-state index >= 15 is 0 Å². The molecule has 0 aromatic heterocycles. The minimum atomic E-state index is 0.260. The second-order valence-electron chi connectivity index (χ2n) is 5.19. The molecule has 1 nitrogen and oxygen atoms in total. The number of rotatable bonds is 4. The summed E-state index contributed by atoms with van der Waals surface area (Å²) in [6.07, 6.45) is 6.10. The van der Waals surface area contributed by atoms with Crippen molar-refractivity contribution < 1.29 is 4.79 Å². The maximum atomic E-state index is 11.6. The Morgan fingerprint density at radius 2 is 2.13 bits per heavy atom. The Balaban J connectivity index is 2.62. The first kappa shape index (κ1) is 12.5. The van der Waals surface area contributed by atoms with Crippen molar-refractivity contribution in [1.82, 2.24) is 0 Å². The number of carbonyl (C=O) groups excluding carboxylic acids is 1. The van der Waals surface area contributed by atoms with Gasteiger partial charge in [-0.05, 0) is 43.1 Å². The van der Waals surface area contributed by atoms with Gasteiger partial charge in [-0.2, -0.15) is 0 Å². The lowest BCUT2D eigenvalue weighted by atomic mass is 9.68. The topological polar surface area (TPSA) is 17.1 Å². The summed E-state index contributed by atoms with van der Waals surface area (Å²) >= 11 is 0. The van der Waals surface area contributed by atoms with Gasteiger partial charge in [0.25, 0.3) is 0 Å². The minimum Gasteiger partial charge on any atom is -0.295 e. The lowest BCUT2D eigenvalue weighted by Crippen LogP contribution is -2.30. The molecule has 0 radical (unpaired) electrons. The van der Waals surface area contributed by atoms with Crippen LogP contribution in [0.2, 0.25) is 0 Å². The van der Waals surface area contributed by atoms with E-state index in [2.05, 4.69) is 27.4 Å². The number of hydrogen-bond acceptors (Lipinski definition) is 1. The summed E-state index contributed by atoms with van der Waals surface area (Å²) in [5.74, 6) is 2.85. The highest BCUT2D eigenvalue weighted by Crippen LogP contribution is 2.40. The fourth-order valence-corrected chi connectivity index (χ4v) is 3.06. The average molecular weight is 208 g/mol. The maximum Gasteiger partial charge on any atom is 0.158 e. The molecule has 0 aliphatic heterocycles. The Bertz CT molecular complexity index is 229. The van der Waals surface area contributed by atoms with Crippen molar-refractivity contribution in [2.75, 3.05) is 0 Å². The Kier molecular flexibility index (Phi) is 4.56. The van der Waals surface area contributed by atoms with Gasteiger partial charge in [-0.3, -0.25) is 4.79 Å². The first-order valence-electron chi connectivity index (χ1n) is 6.26. The molecule has 0 amide bonds. The summed E-state index contributed by atoms with van der Waals surface area (Å²) < 4.78 is 0. The van der Waals surface area contributed by atoms with Gasteiger partial charge in [0.1, 0.15) is 0 Å². The predicted molar refractivity (Wildman–Crippen MR) is 64.7 cm³/mol. The second-order valence-corrected chi connectivity index (χ2v) is 5.19. The monoisotopic (exact) mass is 208 g/mol. The lowest BCUT2D eigenvalue weighted by molar-refractivity contribution is -0.120. The van der Waals surface area contributed by atoms with Crippen LogP contribution in [0.5, 0.6) is 0 Å². The van der Waals surface area contributed by atoms with Crippen molar-refractivity contribution in [2.24, 2.45) is 23.7 Å². The van der Waals surface area contributed by atoms with Gasteiger partial charge in [-0.15, -0.1) is 0 Å². The predicted octanol–water partition coefficient (Wildman–Crippen LogP) is 3.84. The average Bonchev–Trinajstić information content (AvgIpc) is 2.26. The quantitative estimate of drug-likeness (QED) is 0.641. The number of ketones is 1. The number of allylic oxidation sites excluding steroid dienone is 1. The van der Waals surface area contributed by atoms with E-state index in [1.807, 2.05) is 0 Å². The van der Waals surface area contributed by atoms with Crippen molar-refractivity contribution in [3.63, 3.8) is 0 Å². The van der Waals surface area contributed by atoms with E-state index in [0.29, 0.717) is 0 Å². The highest BCUT2D eigenvalue weighted by Gasteiger charge is 2.33. The van der Waals surface area contributed by atoms with Gasteiger partial charge in [-0.1, -0.05) is 33.8 Å². The standard InChI is InChI=1S/C14H24O/c1-5-11-9-12(14(15)6-2)7-8-13(11)10(3)4/h6,10-13H,2,5,7-9H2,1,3-4H3. The molecule has 1 aliphatic rings. The van der Waals surface area contributed by atoms with E-state index in [0.717, 1.165) is 30.6 Å². The van der Waals surface area contributed by atoms with Gasteiger partial charge in [0, 0.05) is 5.92 Å². The maximum absolute atomic E-state index is 11.6. The molecule has 0 aromatic rings. The SMILES string of the molecule is C=CC(=O)C1CCC(C(C)C)C(CC)C1. The fraction of sp³-hybridized carbons (Fsp3) is 0.786. The summed E-state index contributed by atoms with van der Waals surface area (Å²) in [7, 11) is 0. The summed E-state index contributed by atoms with van der Waals surface area (Å²) in [6.45, 7) is 10.5. The molecule has 1 fully saturated rings. The molecule has 3 unspecified atom stereocenters. The molecule has 0 spiro atoms. The third-order valence-corrected chi connectivity index (χ3v) is 4.03. The molecule has 15 heavy (non-hydrogen) atoms. The zero-order valence-electron chi connectivity index (χ0n) is 10.3. The number of hydrogen-bond donors (Lipinski definition) is 0. The van der Waals surface area contributed by atoms with Gasteiger partial charge in [-0.25, -0.2) is 0 Å². The molecule has 86 valence electrons. The molecule has 1 aliphatic carbocycles. The minimum absolute atomic E-state index is 0.260. The van der Waals surface area contributed by atoms with Crippen LogP contribution in [0, 0.1) is 23.7 Å². The Morgan fingerprint density at radius 1 is 1.47 bits per heavy atom. The van der Waals surface area contributed by atoms with Gasteiger partial charge < -0.3 is 0 Å². The van der Waals surface area contributed by atoms with Gasteiger partial charge >= 0.3 is 0 Å². The van der Waals surface area contributed by atoms with E-state index in [-0.39, 0.29) is 11.7 Å². The molecule has 3 atom stereocenters. The largest absolute Gasteiger partial charge is 0.295 e. The Labute approximate surface area is 93.9 Å². The second kappa shape index (κ2) is 5.48. The lowest BCUT2D eigenvalue weighted by Gasteiger charge is -2.37. The van der Waals surface area contributed by atoms with E-state index in [1.54, 1.807) is 0 Å². The Morgan fingerprint density at radius 3 is 2.60 bits per heavy atom. The highest BCUT2D eigenvalue weighted by molar-refractivity contribution is 5.91. The molecule has 0 saturated heterocycles. The van der Waals surface area contributed by atoms with Gasteiger partial charge in [0.2, 0.25) is 0 Å². The summed E-state index contributed by atoms with van der Waals surface area (Å²) in [4.78, 5) is 11.6. The van der Waals surface area contributed by atoms with Crippen LogP contribution in [0.1, 0.15) is 46.5 Å². The third kappa shape index (κ3) is 2.93.